The molecule has 6 bridgehead atoms. The summed E-state index contributed by atoms with van der Waals surface area (Å²) in [5.74, 6) is 1.65. The lowest BCUT2D eigenvalue weighted by Crippen LogP contribution is -2.76. The summed E-state index contributed by atoms with van der Waals surface area (Å²) < 4.78 is 6.16. The van der Waals surface area contributed by atoms with Crippen LogP contribution in [0.5, 0.6) is 17.2 Å². The number of amides is 2. The van der Waals surface area contributed by atoms with Crippen molar-refractivity contribution in [1.29, 1.82) is 0 Å². The average molecular weight is 1080 g/mol. The first-order valence-corrected chi connectivity index (χ1v) is 29.8. The summed E-state index contributed by atoms with van der Waals surface area (Å²) in [6.45, 7) is 13.3. The Morgan fingerprint density at radius 1 is 0.595 bits per heavy atom. The summed E-state index contributed by atoms with van der Waals surface area (Å²) in [5.41, 5.74) is 12.5. The lowest BCUT2D eigenvalue weighted by atomic mass is 9.49. The number of fused-ring (bicyclic) bond motifs is 2. The molecule has 13 aliphatic rings. The first kappa shape index (κ1) is 51.7. The fraction of sp³-hybridized carbons (Fsp3) is 0.635. The molecule has 1 spiro atoms. The maximum absolute atomic E-state index is 12.8. The number of piperidine rings is 3. The maximum atomic E-state index is 12.8. The van der Waals surface area contributed by atoms with Gasteiger partial charge in [0.2, 0.25) is 5.69 Å². The second kappa shape index (κ2) is 18.0. The van der Waals surface area contributed by atoms with Crippen molar-refractivity contribution in [2.24, 2.45) is 29.2 Å². The molecular formula is C63H76N6O10. The number of ketones is 2. The highest BCUT2D eigenvalue weighted by atomic mass is 16.5. The van der Waals surface area contributed by atoms with Gasteiger partial charge in [0.1, 0.15) is 23.0 Å². The molecule has 418 valence electrons. The number of benzene rings is 3. The molecule has 3 saturated heterocycles. The van der Waals surface area contributed by atoms with Crippen LogP contribution in [0.2, 0.25) is 0 Å². The standard InChI is InChI=1S/C21H26N2O4.C21H22N2O3.C21H28N2O3/c22-19(26)15-4-3-13-9-16-21(27)6-5-14(24)10-20(21,17(13)18(15)25)7-8-23(16)11-12-1-2-12;1-22-14-5-4-13-10-16-21(25)7-6-15(24)19-20(21,17(13)18(14)26-19)8-9-23(16)11-12-2-3-12;22-19(25)15-6-5-14-11-16-21(26)8-2-1-7-20(21,17(14)18(15)24)9-10-23(16)12-13-3-4-13/h3-4,12,16,25,27H,1-2,5-11H2,(H2,22,26);4-5,12,16,19,25H,2-3,6-11H2;5-6,13,16,24,26H,1-4,7-12H2,(H2,22,25)/t16-,20-,21-;16-,19+,20+,21-;16-,20+,21-/m111/s1. The second-order valence-electron chi connectivity index (χ2n) is 26.8. The maximum Gasteiger partial charge on any atom is 0.252 e. The van der Waals surface area contributed by atoms with Gasteiger partial charge in [-0.2, -0.15) is 0 Å². The minimum Gasteiger partial charge on any atom is -0.507 e. The first-order chi connectivity index (χ1) is 37.9. The molecule has 9 aliphatic carbocycles. The molecule has 0 unspecified atom stereocenters. The van der Waals surface area contributed by atoms with E-state index in [1.54, 1.807) is 12.1 Å². The highest BCUT2D eigenvalue weighted by molar-refractivity contribution is 5.97. The molecular weight excluding hydrogens is 1000 g/mol. The normalized spacial score (nSPS) is 37.2. The van der Waals surface area contributed by atoms with Gasteiger partial charge < -0.3 is 41.7 Å². The molecule has 4 aliphatic heterocycles. The van der Waals surface area contributed by atoms with Crippen LogP contribution >= 0.6 is 0 Å². The Morgan fingerprint density at radius 2 is 1.06 bits per heavy atom. The van der Waals surface area contributed by atoms with E-state index in [1.807, 2.05) is 24.3 Å². The quantitative estimate of drug-likeness (QED) is 0.134. The van der Waals surface area contributed by atoms with Crippen LogP contribution in [0.25, 0.3) is 4.85 Å². The Balaban J connectivity index is 0.000000107. The number of nitrogens with zero attached hydrogens (tertiary/aromatic N) is 4. The predicted octanol–water partition coefficient (Wildman–Crippen LogP) is 5.70. The van der Waals surface area contributed by atoms with E-state index in [4.69, 9.17) is 22.8 Å². The monoisotopic (exact) mass is 1080 g/mol. The number of aromatic hydroxyl groups is 2. The Labute approximate surface area is 461 Å². The van der Waals surface area contributed by atoms with Crippen molar-refractivity contribution < 1.29 is 49.4 Å². The summed E-state index contributed by atoms with van der Waals surface area (Å²) in [5, 5.41) is 57.9. The van der Waals surface area contributed by atoms with Crippen LogP contribution in [0.3, 0.4) is 0 Å². The summed E-state index contributed by atoms with van der Waals surface area (Å²) in [7, 11) is 0. The van der Waals surface area contributed by atoms with Gasteiger partial charge in [-0.25, -0.2) is 4.85 Å². The predicted molar refractivity (Wildman–Crippen MR) is 291 cm³/mol. The zero-order valence-corrected chi connectivity index (χ0v) is 45.3. The van der Waals surface area contributed by atoms with Gasteiger partial charge in [-0.05, 0) is 175 Å². The molecule has 16 nitrogen and oxygen atoms in total. The summed E-state index contributed by atoms with van der Waals surface area (Å²) in [6.07, 6.45) is 17.1. The van der Waals surface area contributed by atoms with Crippen LogP contribution in [0.4, 0.5) is 5.69 Å². The molecule has 16 heteroatoms. The number of hydrogen-bond donors (Lipinski definition) is 7. The van der Waals surface area contributed by atoms with Crippen LogP contribution < -0.4 is 16.2 Å². The fourth-order valence-electron chi connectivity index (χ4n) is 18.7. The van der Waals surface area contributed by atoms with Crippen molar-refractivity contribution >= 4 is 29.1 Å². The molecule has 9 N–H and O–H groups in total. The number of ether oxygens (including phenoxy) is 1. The Hall–Kier alpha value is -5.41. The molecule has 16 rings (SSSR count). The number of likely N-dealkylation sites (tertiary alicyclic amines) is 3. The molecule has 2 amide bonds. The molecule has 3 aromatic rings. The fourth-order valence-corrected chi connectivity index (χ4v) is 18.7. The molecule has 9 fully saturated rings. The smallest absolute Gasteiger partial charge is 0.252 e. The number of Topliss-reactive ketones (excluding diaryl/α,β-unsaturated/α-hetero) is 2. The third kappa shape index (κ3) is 7.37. The van der Waals surface area contributed by atoms with Gasteiger partial charge in [0.05, 0.1) is 39.9 Å². The van der Waals surface area contributed by atoms with Gasteiger partial charge in [-0.3, -0.25) is 33.9 Å². The number of hydrogen-bond acceptors (Lipinski definition) is 13. The highest BCUT2D eigenvalue weighted by Gasteiger charge is 2.73. The average Bonchev–Trinajstić information content (AvgIpc) is 3.80. The van der Waals surface area contributed by atoms with Crippen molar-refractivity contribution in [2.75, 3.05) is 39.3 Å². The third-order valence-corrected chi connectivity index (χ3v) is 22.9. The largest absolute Gasteiger partial charge is 0.507 e. The number of aliphatic hydroxyl groups is 3. The lowest BCUT2D eigenvalue weighted by Gasteiger charge is -2.64. The van der Waals surface area contributed by atoms with Crippen LogP contribution in [0, 0.1) is 24.3 Å². The molecule has 3 aromatic carbocycles. The molecule has 10 atom stereocenters. The molecule has 79 heavy (non-hydrogen) atoms. The van der Waals surface area contributed by atoms with Crippen LogP contribution in [0.1, 0.15) is 170 Å². The van der Waals surface area contributed by atoms with E-state index in [0.29, 0.717) is 55.5 Å². The first-order valence-electron chi connectivity index (χ1n) is 29.8. The lowest BCUT2D eigenvalue weighted by molar-refractivity contribution is -0.188. The highest BCUT2D eigenvalue weighted by Crippen LogP contribution is 2.66. The van der Waals surface area contributed by atoms with E-state index < -0.39 is 51.0 Å². The molecule has 6 saturated carbocycles. The molecule has 0 aromatic heterocycles. The number of nitrogens with two attached hydrogens (primary N) is 2. The van der Waals surface area contributed by atoms with Crippen molar-refractivity contribution in [3.05, 3.63) is 92.3 Å². The van der Waals surface area contributed by atoms with Crippen molar-refractivity contribution in [1.82, 2.24) is 14.7 Å². The minimum absolute atomic E-state index is 0.0180. The molecule has 4 heterocycles. The van der Waals surface area contributed by atoms with E-state index in [0.717, 1.165) is 131 Å². The van der Waals surface area contributed by atoms with Crippen LogP contribution in [-0.2, 0) is 45.1 Å². The van der Waals surface area contributed by atoms with Crippen LogP contribution in [0.15, 0.2) is 36.4 Å². The van der Waals surface area contributed by atoms with Crippen molar-refractivity contribution in [2.45, 2.75) is 192 Å². The summed E-state index contributed by atoms with van der Waals surface area (Å²) in [6, 6.07) is 11.0. The van der Waals surface area contributed by atoms with Gasteiger partial charge in [-0.1, -0.05) is 37.1 Å². The Morgan fingerprint density at radius 3 is 1.61 bits per heavy atom. The zero-order valence-electron chi connectivity index (χ0n) is 45.3. The van der Waals surface area contributed by atoms with E-state index in [9.17, 15) is 44.7 Å². The topological polar surface area (TPSA) is 245 Å². The van der Waals surface area contributed by atoms with Gasteiger partial charge in [0, 0.05) is 79.0 Å². The van der Waals surface area contributed by atoms with Gasteiger partial charge in [-0.15, -0.1) is 0 Å². The van der Waals surface area contributed by atoms with Crippen molar-refractivity contribution in [3.63, 3.8) is 0 Å². The number of carbonyl (C=O) groups excluding carboxylic acids is 4. The van der Waals surface area contributed by atoms with E-state index in [1.165, 1.54) is 44.1 Å². The van der Waals surface area contributed by atoms with E-state index in [2.05, 4.69) is 19.5 Å². The van der Waals surface area contributed by atoms with Gasteiger partial charge in [0.25, 0.3) is 11.8 Å². The summed E-state index contributed by atoms with van der Waals surface area (Å²) in [4.78, 5) is 59.9. The minimum atomic E-state index is -1.06. The summed E-state index contributed by atoms with van der Waals surface area (Å²) >= 11 is 0. The van der Waals surface area contributed by atoms with Crippen molar-refractivity contribution in [3.8, 4) is 17.2 Å². The van der Waals surface area contributed by atoms with Crippen LogP contribution in [-0.4, -0.2) is 144 Å². The van der Waals surface area contributed by atoms with E-state index in [-0.39, 0.29) is 58.7 Å². The van der Waals surface area contributed by atoms with Gasteiger partial charge in [0.15, 0.2) is 11.9 Å². The SMILES string of the molecule is NC(=O)c1ccc2c(c1O)[C@@]13CCCC[C@@]1(O)[C@@H](C2)N(CC1CC1)CC3.NC(=O)c1ccc2c(c1O)[C@]13CCN(CC4CC4)[C@H](C2)[C@]1(O)CCC(=O)C3.[C-]#[N+]c1ccc2c3c1O[C@H]1C(=O)CC[C@@]4(O)[C@@H](C2)N(CC2CC2)CC[C@]314. The Kier molecular flexibility index (Phi) is 11.8. The second-order valence-corrected chi connectivity index (χ2v) is 26.8. The number of rotatable bonds is 8. The molecule has 0 radical (unpaired) electrons. The number of primary amides is 2. The number of carbonyl (C=O) groups is 4. The van der Waals surface area contributed by atoms with E-state index >= 15 is 0 Å². The zero-order chi connectivity index (χ0) is 54.8. The number of phenols is 2. The van der Waals surface area contributed by atoms with Gasteiger partial charge >= 0.3 is 0 Å². The third-order valence-electron chi connectivity index (χ3n) is 22.9. The Bertz CT molecular complexity index is 3170.